The predicted molar refractivity (Wildman–Crippen MR) is 65.7 cm³/mol. The van der Waals surface area contributed by atoms with Crippen LogP contribution in [0.4, 0.5) is 0 Å². The first kappa shape index (κ1) is 11.8. The smallest absolute Gasteiger partial charge is 0.0451 e. The number of halogens is 2. The maximum Gasteiger partial charge on any atom is 0.0451 e. The van der Waals surface area contributed by atoms with E-state index in [4.69, 9.17) is 11.6 Å². The van der Waals surface area contributed by atoms with E-state index in [1.165, 1.54) is 0 Å². The molecule has 0 spiro atoms. The molecular weight excluding hydrogens is 261 g/mol. The fraction of sp³-hybridized carbons (Fsp3) is 0.273. The molecule has 0 radical (unpaired) electrons. The molecule has 3 heteroatoms. The van der Waals surface area contributed by atoms with Gasteiger partial charge in [0.15, 0.2) is 0 Å². The van der Waals surface area contributed by atoms with Crippen LogP contribution in [0.15, 0.2) is 34.8 Å². The summed E-state index contributed by atoms with van der Waals surface area (Å²) in [6.45, 7) is 7.41. The summed E-state index contributed by atoms with van der Waals surface area (Å²) < 4.78 is 1.05. The molecule has 1 rings (SSSR count). The Bertz CT molecular complexity index is 336. The van der Waals surface area contributed by atoms with Crippen LogP contribution in [0.1, 0.15) is 12.5 Å². The number of hydrogen-bond acceptors (Lipinski definition) is 1. The summed E-state index contributed by atoms with van der Waals surface area (Å²) >= 11 is 9.44. The van der Waals surface area contributed by atoms with Crippen molar-refractivity contribution in [3.63, 3.8) is 0 Å². The van der Waals surface area contributed by atoms with Gasteiger partial charge in [-0.15, -0.1) is 0 Å². The average molecular weight is 275 g/mol. The molecule has 76 valence electrons. The van der Waals surface area contributed by atoms with Crippen molar-refractivity contribution >= 4 is 27.5 Å². The highest BCUT2D eigenvalue weighted by atomic mass is 79.9. The minimum absolute atomic E-state index is 0.769. The van der Waals surface area contributed by atoms with Gasteiger partial charge >= 0.3 is 0 Å². The Morgan fingerprint density at radius 1 is 1.57 bits per heavy atom. The highest BCUT2D eigenvalue weighted by Crippen LogP contribution is 2.20. The van der Waals surface area contributed by atoms with E-state index >= 15 is 0 Å². The van der Waals surface area contributed by atoms with Gasteiger partial charge in [0, 0.05) is 22.6 Å². The van der Waals surface area contributed by atoms with Crippen LogP contribution < -0.4 is 5.32 Å². The predicted octanol–water partition coefficient (Wildman–Crippen LogP) is 3.77. The Labute approximate surface area is 98.3 Å². The van der Waals surface area contributed by atoms with E-state index in [9.17, 15) is 0 Å². The van der Waals surface area contributed by atoms with Crippen molar-refractivity contribution in [2.75, 3.05) is 6.54 Å². The monoisotopic (exact) mass is 273 g/mol. The van der Waals surface area contributed by atoms with Crippen molar-refractivity contribution in [1.82, 2.24) is 5.32 Å². The molecule has 0 aliphatic carbocycles. The molecule has 0 aliphatic rings. The minimum Gasteiger partial charge on any atom is -0.309 e. The highest BCUT2D eigenvalue weighted by molar-refractivity contribution is 9.10. The van der Waals surface area contributed by atoms with E-state index in [2.05, 4.69) is 27.8 Å². The second kappa shape index (κ2) is 5.54. The van der Waals surface area contributed by atoms with Crippen molar-refractivity contribution in [1.29, 1.82) is 0 Å². The third-order valence-electron chi connectivity index (χ3n) is 1.75. The molecule has 1 aromatic rings. The maximum absolute atomic E-state index is 6.03. The van der Waals surface area contributed by atoms with Crippen LogP contribution in [0.25, 0.3) is 0 Å². The van der Waals surface area contributed by atoms with E-state index in [-0.39, 0.29) is 0 Å². The van der Waals surface area contributed by atoms with E-state index in [1.54, 1.807) is 0 Å². The van der Waals surface area contributed by atoms with Crippen LogP contribution in [0.5, 0.6) is 0 Å². The molecular formula is C11H13BrClN. The summed E-state index contributed by atoms with van der Waals surface area (Å²) in [6, 6.07) is 5.85. The normalized spacial score (nSPS) is 10.2. The zero-order valence-corrected chi connectivity index (χ0v) is 10.5. The molecule has 0 heterocycles. The lowest BCUT2D eigenvalue weighted by atomic mass is 10.2. The van der Waals surface area contributed by atoms with E-state index in [0.717, 1.165) is 33.7 Å². The molecule has 0 atom stereocenters. The van der Waals surface area contributed by atoms with Crippen LogP contribution in [-0.4, -0.2) is 6.54 Å². The molecule has 1 N–H and O–H groups in total. The first-order chi connectivity index (χ1) is 6.59. The molecule has 1 nitrogen and oxygen atoms in total. The molecule has 0 bridgehead atoms. The summed E-state index contributed by atoms with van der Waals surface area (Å²) in [5.41, 5.74) is 2.22. The van der Waals surface area contributed by atoms with Crippen molar-refractivity contribution < 1.29 is 0 Å². The van der Waals surface area contributed by atoms with Gasteiger partial charge < -0.3 is 5.32 Å². The molecule has 0 saturated carbocycles. The van der Waals surface area contributed by atoms with Crippen LogP contribution in [0.3, 0.4) is 0 Å². The van der Waals surface area contributed by atoms with Crippen LogP contribution >= 0.6 is 27.5 Å². The lowest BCUT2D eigenvalue weighted by molar-refractivity contribution is 0.741. The number of rotatable bonds is 4. The molecule has 1 aromatic carbocycles. The Hall–Kier alpha value is -0.310. The van der Waals surface area contributed by atoms with Gasteiger partial charge in [0.05, 0.1) is 0 Å². The SMILES string of the molecule is C=C(C)CNCc1cc(Br)ccc1Cl. The molecule has 0 saturated heterocycles. The summed E-state index contributed by atoms with van der Waals surface area (Å²) in [5.74, 6) is 0. The van der Waals surface area contributed by atoms with Gasteiger partial charge in [-0.1, -0.05) is 39.7 Å². The maximum atomic E-state index is 6.03. The Kier molecular flexibility index (Phi) is 4.66. The molecule has 0 aromatic heterocycles. The van der Waals surface area contributed by atoms with Crippen molar-refractivity contribution in [3.8, 4) is 0 Å². The van der Waals surface area contributed by atoms with Crippen molar-refractivity contribution in [2.45, 2.75) is 13.5 Å². The van der Waals surface area contributed by atoms with Gasteiger partial charge in [-0.2, -0.15) is 0 Å². The van der Waals surface area contributed by atoms with Gasteiger partial charge in [-0.05, 0) is 30.7 Å². The summed E-state index contributed by atoms with van der Waals surface area (Å²) in [5, 5.41) is 4.06. The van der Waals surface area contributed by atoms with Crippen molar-refractivity contribution in [2.24, 2.45) is 0 Å². The van der Waals surface area contributed by atoms with Gasteiger partial charge in [-0.25, -0.2) is 0 Å². The van der Waals surface area contributed by atoms with Gasteiger partial charge in [0.2, 0.25) is 0 Å². The average Bonchev–Trinajstić information content (AvgIpc) is 2.10. The van der Waals surface area contributed by atoms with E-state index < -0.39 is 0 Å². The van der Waals surface area contributed by atoms with Crippen LogP contribution in [-0.2, 0) is 6.54 Å². The minimum atomic E-state index is 0.769. The zero-order valence-electron chi connectivity index (χ0n) is 8.11. The second-order valence-corrected chi connectivity index (χ2v) is 4.62. The largest absolute Gasteiger partial charge is 0.309 e. The quantitative estimate of drug-likeness (QED) is 0.824. The molecule has 0 amide bonds. The molecule has 14 heavy (non-hydrogen) atoms. The van der Waals surface area contributed by atoms with Gasteiger partial charge in [0.1, 0.15) is 0 Å². The van der Waals surface area contributed by atoms with Crippen molar-refractivity contribution in [3.05, 3.63) is 45.4 Å². The summed E-state index contributed by atoms with van der Waals surface area (Å²) in [4.78, 5) is 0. The standard InChI is InChI=1S/C11H13BrClN/c1-8(2)6-14-7-9-5-10(12)3-4-11(9)13/h3-5,14H,1,6-7H2,2H3. The van der Waals surface area contributed by atoms with Crippen LogP contribution in [0.2, 0.25) is 5.02 Å². The van der Waals surface area contributed by atoms with Crippen LogP contribution in [0, 0.1) is 0 Å². The second-order valence-electron chi connectivity index (χ2n) is 3.30. The van der Waals surface area contributed by atoms with Gasteiger partial charge in [0.25, 0.3) is 0 Å². The topological polar surface area (TPSA) is 12.0 Å². The summed E-state index contributed by atoms with van der Waals surface area (Å²) in [6.07, 6.45) is 0. The molecule has 0 fully saturated rings. The summed E-state index contributed by atoms with van der Waals surface area (Å²) in [7, 11) is 0. The Morgan fingerprint density at radius 2 is 2.29 bits per heavy atom. The molecule has 0 unspecified atom stereocenters. The Balaban J connectivity index is 2.57. The third kappa shape index (κ3) is 3.82. The fourth-order valence-corrected chi connectivity index (χ4v) is 1.68. The first-order valence-corrected chi connectivity index (χ1v) is 5.55. The van der Waals surface area contributed by atoms with E-state index in [0.29, 0.717) is 0 Å². The lowest BCUT2D eigenvalue weighted by Crippen LogP contribution is -2.15. The number of hydrogen-bond donors (Lipinski definition) is 1. The fourth-order valence-electron chi connectivity index (χ4n) is 1.09. The number of benzene rings is 1. The lowest BCUT2D eigenvalue weighted by Gasteiger charge is -2.06. The zero-order chi connectivity index (χ0) is 10.6. The first-order valence-electron chi connectivity index (χ1n) is 4.38. The third-order valence-corrected chi connectivity index (χ3v) is 2.61. The molecule has 0 aliphatic heterocycles. The van der Waals surface area contributed by atoms with Gasteiger partial charge in [-0.3, -0.25) is 0 Å². The highest BCUT2D eigenvalue weighted by Gasteiger charge is 2.00. The number of nitrogens with one attached hydrogen (secondary N) is 1. The van der Waals surface area contributed by atoms with E-state index in [1.807, 2.05) is 25.1 Å². The Morgan fingerprint density at radius 3 is 2.93 bits per heavy atom.